The molecule has 4 atom stereocenters. The molecule has 0 radical (unpaired) electrons. The van der Waals surface area contributed by atoms with Crippen molar-refractivity contribution >= 4 is 17.3 Å². The maximum Gasteiger partial charge on any atom is 0.358 e. The molecule has 3 fully saturated rings. The normalized spacial score (nSPS) is 35.9. The summed E-state index contributed by atoms with van der Waals surface area (Å²) in [5.41, 5.74) is 0.136. The molecular weight excluding hydrogens is 286 g/mol. The minimum atomic E-state index is -0.964. The van der Waals surface area contributed by atoms with Crippen LogP contribution in [0.3, 0.4) is 0 Å². The zero-order valence-corrected chi connectivity index (χ0v) is 12.2. The Morgan fingerprint density at radius 2 is 2.10 bits per heavy atom. The Kier molecular flexibility index (Phi) is 2.27. The average Bonchev–Trinajstić information content (AvgIpc) is 3.04. The van der Waals surface area contributed by atoms with Crippen LogP contribution in [0.2, 0.25) is 0 Å². The molecule has 3 aliphatic rings. The van der Waals surface area contributed by atoms with Crippen LogP contribution in [0.1, 0.15) is 41.4 Å². The van der Waals surface area contributed by atoms with Crippen LogP contribution in [0, 0.1) is 23.7 Å². The standard InChI is InChI=1S/C16H15NO3S/c18-16(19)13-14(20-15(17-13)9-2-1-5-21-9)12-10-7-3-4-8(6-7)11(10)12/h1-2,5,7-8,10-12H,3-4,6H2,(H,18,19). The van der Waals surface area contributed by atoms with Crippen molar-refractivity contribution in [3.63, 3.8) is 0 Å². The number of aromatic nitrogens is 1. The zero-order chi connectivity index (χ0) is 14.1. The van der Waals surface area contributed by atoms with E-state index in [-0.39, 0.29) is 5.69 Å². The number of thiophene rings is 1. The molecule has 5 rings (SSSR count). The monoisotopic (exact) mass is 301 g/mol. The molecule has 2 aromatic heterocycles. The van der Waals surface area contributed by atoms with Crippen molar-refractivity contribution < 1.29 is 14.3 Å². The predicted octanol–water partition coefficient (Wildman–Crippen LogP) is 3.86. The quantitative estimate of drug-likeness (QED) is 0.935. The third-order valence-electron chi connectivity index (χ3n) is 5.63. The van der Waals surface area contributed by atoms with E-state index in [2.05, 4.69) is 4.98 Å². The van der Waals surface area contributed by atoms with Crippen molar-refractivity contribution in [2.75, 3.05) is 0 Å². The first kappa shape index (κ1) is 12.0. The van der Waals surface area contributed by atoms with E-state index in [1.165, 1.54) is 30.6 Å². The van der Waals surface area contributed by atoms with Crippen molar-refractivity contribution in [1.29, 1.82) is 0 Å². The molecule has 0 aromatic carbocycles. The number of oxazole rings is 1. The highest BCUT2D eigenvalue weighted by Crippen LogP contribution is 2.73. The van der Waals surface area contributed by atoms with Crippen LogP contribution in [0.4, 0.5) is 0 Å². The Morgan fingerprint density at radius 1 is 1.33 bits per heavy atom. The summed E-state index contributed by atoms with van der Waals surface area (Å²) in [6, 6.07) is 3.85. The van der Waals surface area contributed by atoms with Crippen LogP contribution >= 0.6 is 11.3 Å². The van der Waals surface area contributed by atoms with E-state index in [1.807, 2.05) is 17.5 Å². The number of carbonyl (C=O) groups is 1. The summed E-state index contributed by atoms with van der Waals surface area (Å²) in [7, 11) is 0. The Bertz CT molecular complexity index is 704. The maximum absolute atomic E-state index is 11.5. The molecule has 0 saturated heterocycles. The van der Waals surface area contributed by atoms with E-state index in [0.717, 1.165) is 16.7 Å². The number of rotatable bonds is 3. The summed E-state index contributed by atoms with van der Waals surface area (Å²) in [6.45, 7) is 0. The molecule has 21 heavy (non-hydrogen) atoms. The van der Waals surface area contributed by atoms with E-state index < -0.39 is 5.97 Å². The van der Waals surface area contributed by atoms with Crippen LogP contribution in [-0.4, -0.2) is 16.1 Å². The average molecular weight is 301 g/mol. The van der Waals surface area contributed by atoms with Gasteiger partial charge in [-0.1, -0.05) is 6.07 Å². The van der Waals surface area contributed by atoms with Gasteiger partial charge >= 0.3 is 5.97 Å². The Hall–Kier alpha value is -1.62. The van der Waals surface area contributed by atoms with Gasteiger partial charge in [-0.2, -0.15) is 0 Å². The SMILES string of the molecule is O=C(O)c1nc(-c2cccs2)oc1C1C2C3CCC(C3)C12. The van der Waals surface area contributed by atoms with E-state index in [0.29, 0.717) is 29.4 Å². The molecule has 3 saturated carbocycles. The number of fused-ring (bicyclic) bond motifs is 5. The maximum atomic E-state index is 11.5. The second kappa shape index (κ2) is 3.97. The van der Waals surface area contributed by atoms with Gasteiger partial charge in [0.25, 0.3) is 0 Å². The summed E-state index contributed by atoms with van der Waals surface area (Å²) < 4.78 is 5.92. The second-order valence-corrected chi connectivity index (χ2v) is 7.48. The number of nitrogens with zero attached hydrogens (tertiary/aromatic N) is 1. The molecule has 1 N–H and O–H groups in total. The molecule has 5 heteroatoms. The fraction of sp³-hybridized carbons (Fsp3) is 0.500. The summed E-state index contributed by atoms with van der Waals surface area (Å²) in [6.07, 6.45) is 3.98. The smallest absolute Gasteiger partial charge is 0.358 e. The number of hydrogen-bond acceptors (Lipinski definition) is 4. The first-order valence-electron chi connectivity index (χ1n) is 7.52. The molecule has 4 nitrogen and oxygen atoms in total. The van der Waals surface area contributed by atoms with Gasteiger partial charge in [-0.05, 0) is 54.4 Å². The van der Waals surface area contributed by atoms with Crippen molar-refractivity contribution in [3.05, 3.63) is 29.0 Å². The van der Waals surface area contributed by atoms with Gasteiger partial charge in [-0.15, -0.1) is 11.3 Å². The van der Waals surface area contributed by atoms with Gasteiger partial charge in [-0.25, -0.2) is 9.78 Å². The molecule has 0 aliphatic heterocycles. The highest BCUT2D eigenvalue weighted by molar-refractivity contribution is 7.13. The summed E-state index contributed by atoms with van der Waals surface area (Å²) in [4.78, 5) is 16.7. The predicted molar refractivity (Wildman–Crippen MR) is 77.3 cm³/mol. The molecule has 0 spiro atoms. The van der Waals surface area contributed by atoms with Crippen molar-refractivity contribution in [2.24, 2.45) is 23.7 Å². The van der Waals surface area contributed by atoms with Crippen LogP contribution in [0.15, 0.2) is 21.9 Å². The van der Waals surface area contributed by atoms with Crippen molar-refractivity contribution in [1.82, 2.24) is 4.98 Å². The number of carboxylic acids is 1. The topological polar surface area (TPSA) is 63.3 Å². The van der Waals surface area contributed by atoms with Gasteiger partial charge in [0.2, 0.25) is 5.89 Å². The summed E-state index contributed by atoms with van der Waals surface area (Å²) in [5.74, 6) is 3.35. The van der Waals surface area contributed by atoms with Gasteiger partial charge in [0.05, 0.1) is 4.88 Å². The van der Waals surface area contributed by atoms with Crippen LogP contribution in [0.25, 0.3) is 10.8 Å². The Balaban J connectivity index is 1.56. The van der Waals surface area contributed by atoms with Crippen LogP contribution in [-0.2, 0) is 0 Å². The molecule has 3 aliphatic carbocycles. The Morgan fingerprint density at radius 3 is 2.71 bits per heavy atom. The van der Waals surface area contributed by atoms with E-state index in [4.69, 9.17) is 4.42 Å². The molecular formula is C16H15NO3S. The lowest BCUT2D eigenvalue weighted by atomic mass is 10.0. The summed E-state index contributed by atoms with van der Waals surface area (Å²) >= 11 is 1.53. The lowest BCUT2D eigenvalue weighted by molar-refractivity contribution is 0.0688. The zero-order valence-electron chi connectivity index (χ0n) is 11.4. The highest BCUT2D eigenvalue weighted by Gasteiger charge is 2.67. The summed E-state index contributed by atoms with van der Waals surface area (Å²) in [5, 5.41) is 11.4. The van der Waals surface area contributed by atoms with E-state index in [9.17, 15) is 9.90 Å². The van der Waals surface area contributed by atoms with Crippen molar-refractivity contribution in [3.8, 4) is 10.8 Å². The van der Waals surface area contributed by atoms with Crippen LogP contribution in [0.5, 0.6) is 0 Å². The first-order valence-corrected chi connectivity index (χ1v) is 8.40. The molecule has 2 bridgehead atoms. The Labute approximate surface area is 125 Å². The second-order valence-electron chi connectivity index (χ2n) is 6.53. The van der Waals surface area contributed by atoms with Gasteiger partial charge in [0, 0.05) is 5.92 Å². The van der Waals surface area contributed by atoms with Crippen molar-refractivity contribution in [2.45, 2.75) is 25.2 Å². The van der Waals surface area contributed by atoms with Gasteiger partial charge < -0.3 is 9.52 Å². The third kappa shape index (κ3) is 1.55. The minimum Gasteiger partial charge on any atom is -0.476 e. The third-order valence-corrected chi connectivity index (χ3v) is 6.48. The molecule has 2 heterocycles. The van der Waals surface area contributed by atoms with E-state index >= 15 is 0 Å². The van der Waals surface area contributed by atoms with Crippen LogP contribution < -0.4 is 0 Å². The lowest BCUT2D eigenvalue weighted by Crippen LogP contribution is -2.04. The molecule has 2 aromatic rings. The molecule has 108 valence electrons. The molecule has 0 amide bonds. The number of hydrogen-bond donors (Lipinski definition) is 1. The fourth-order valence-electron chi connectivity index (χ4n) is 4.89. The first-order chi connectivity index (χ1) is 10.2. The number of carboxylic acid groups (broad SMARTS) is 1. The molecule has 4 unspecified atom stereocenters. The minimum absolute atomic E-state index is 0.136. The number of aromatic carboxylic acids is 1. The largest absolute Gasteiger partial charge is 0.476 e. The lowest BCUT2D eigenvalue weighted by Gasteiger charge is -2.06. The highest BCUT2D eigenvalue weighted by atomic mass is 32.1. The van der Waals surface area contributed by atoms with Gasteiger partial charge in [-0.3, -0.25) is 0 Å². The van der Waals surface area contributed by atoms with Gasteiger partial charge in [0.1, 0.15) is 5.76 Å². The van der Waals surface area contributed by atoms with Gasteiger partial charge in [0.15, 0.2) is 5.69 Å². The fourth-order valence-corrected chi connectivity index (χ4v) is 5.54. The van der Waals surface area contributed by atoms with E-state index in [1.54, 1.807) is 0 Å².